The lowest BCUT2D eigenvalue weighted by atomic mass is 9.99. The third-order valence-electron chi connectivity index (χ3n) is 2.78. The van der Waals surface area contributed by atoms with Crippen LogP contribution in [0.3, 0.4) is 0 Å². The van der Waals surface area contributed by atoms with Crippen molar-refractivity contribution in [2.75, 3.05) is 7.05 Å². The minimum absolute atomic E-state index is 0.306. The highest BCUT2D eigenvalue weighted by Crippen LogP contribution is 2.27. The summed E-state index contributed by atoms with van der Waals surface area (Å²) >= 11 is 8.21. The topological polar surface area (TPSA) is 12.0 Å². The zero-order chi connectivity index (χ0) is 14.0. The van der Waals surface area contributed by atoms with Crippen molar-refractivity contribution < 1.29 is 8.78 Å². The molecule has 100 valence electrons. The third-order valence-corrected chi connectivity index (χ3v) is 4.36. The van der Waals surface area contributed by atoms with Crippen LogP contribution in [0.15, 0.2) is 36.4 Å². The molecular weight excluding hydrogens is 383 g/mol. The van der Waals surface area contributed by atoms with Crippen LogP contribution < -0.4 is 5.32 Å². The first-order valence-electron chi connectivity index (χ1n) is 5.59. The highest BCUT2D eigenvalue weighted by molar-refractivity contribution is 14.1. The minimum atomic E-state index is -0.591. The summed E-state index contributed by atoms with van der Waals surface area (Å²) in [5.41, 5.74) is 1.38. The molecule has 5 heteroatoms. The molecule has 0 aliphatic rings. The Hall–Kier alpha value is -0.720. The summed E-state index contributed by atoms with van der Waals surface area (Å²) in [7, 11) is 1.74. The van der Waals surface area contributed by atoms with Gasteiger partial charge in [-0.3, -0.25) is 0 Å². The van der Waals surface area contributed by atoms with Crippen molar-refractivity contribution in [3.63, 3.8) is 0 Å². The fourth-order valence-corrected chi connectivity index (χ4v) is 2.48. The predicted octanol–water partition coefficient (Wildman–Crippen LogP) is 4.53. The zero-order valence-corrected chi connectivity index (χ0v) is 13.0. The number of nitrogens with one attached hydrogen (secondary N) is 1. The monoisotopic (exact) mass is 393 g/mol. The molecule has 0 aromatic heterocycles. The highest BCUT2D eigenvalue weighted by atomic mass is 127. The maximum atomic E-state index is 13.3. The van der Waals surface area contributed by atoms with Gasteiger partial charge in [0, 0.05) is 9.64 Å². The lowest BCUT2D eigenvalue weighted by molar-refractivity contribution is 0.571. The second kappa shape index (κ2) is 6.15. The van der Waals surface area contributed by atoms with E-state index in [1.165, 1.54) is 12.1 Å². The Morgan fingerprint density at radius 1 is 1.05 bits per heavy atom. The Balaban J connectivity index is 2.46. The number of benzene rings is 2. The lowest BCUT2D eigenvalue weighted by Crippen LogP contribution is -2.18. The molecule has 0 amide bonds. The summed E-state index contributed by atoms with van der Waals surface area (Å²) in [4.78, 5) is 0. The molecule has 0 aliphatic carbocycles. The van der Waals surface area contributed by atoms with E-state index in [4.69, 9.17) is 11.6 Å². The smallest absolute Gasteiger partial charge is 0.126 e. The molecule has 0 saturated heterocycles. The van der Waals surface area contributed by atoms with E-state index in [1.54, 1.807) is 13.1 Å². The number of rotatable bonds is 3. The summed E-state index contributed by atoms with van der Waals surface area (Å²) in [5.74, 6) is -1.18. The zero-order valence-electron chi connectivity index (χ0n) is 10.1. The SMILES string of the molecule is CNC(c1cc(F)cc(F)c1)c1ccc(I)c(Cl)c1. The molecule has 1 unspecified atom stereocenters. The Morgan fingerprint density at radius 3 is 2.21 bits per heavy atom. The number of hydrogen-bond acceptors (Lipinski definition) is 1. The van der Waals surface area contributed by atoms with Crippen molar-refractivity contribution in [1.29, 1.82) is 0 Å². The van der Waals surface area contributed by atoms with Crippen LogP contribution in [0, 0.1) is 15.2 Å². The summed E-state index contributed by atoms with van der Waals surface area (Å²) in [6.45, 7) is 0. The van der Waals surface area contributed by atoms with Gasteiger partial charge in [0.25, 0.3) is 0 Å². The van der Waals surface area contributed by atoms with Crippen LogP contribution in [0.4, 0.5) is 8.78 Å². The van der Waals surface area contributed by atoms with Crippen molar-refractivity contribution >= 4 is 34.2 Å². The van der Waals surface area contributed by atoms with Gasteiger partial charge in [0.2, 0.25) is 0 Å². The first-order chi connectivity index (χ1) is 9.01. The molecule has 2 aromatic carbocycles. The van der Waals surface area contributed by atoms with E-state index in [0.717, 1.165) is 15.2 Å². The molecule has 0 saturated carbocycles. The standard InChI is InChI=1S/C14H11ClF2IN/c1-19-14(8-2-3-13(18)12(15)6-8)9-4-10(16)7-11(17)5-9/h2-7,14,19H,1H3. The fraction of sp³-hybridized carbons (Fsp3) is 0.143. The van der Waals surface area contributed by atoms with Crippen LogP contribution >= 0.6 is 34.2 Å². The second-order valence-corrected chi connectivity index (χ2v) is 5.67. The molecule has 0 bridgehead atoms. The van der Waals surface area contributed by atoms with Gasteiger partial charge in [0.15, 0.2) is 0 Å². The Bertz CT molecular complexity index is 584. The van der Waals surface area contributed by atoms with Crippen LogP contribution in [0.2, 0.25) is 5.02 Å². The van der Waals surface area contributed by atoms with Crippen LogP contribution in [-0.2, 0) is 0 Å². The quantitative estimate of drug-likeness (QED) is 0.756. The average molecular weight is 394 g/mol. The van der Waals surface area contributed by atoms with Gasteiger partial charge in [0.1, 0.15) is 11.6 Å². The third kappa shape index (κ3) is 3.43. The highest BCUT2D eigenvalue weighted by Gasteiger charge is 2.15. The molecule has 1 N–H and O–H groups in total. The van der Waals surface area contributed by atoms with Crippen LogP contribution in [0.5, 0.6) is 0 Å². The first kappa shape index (κ1) is 14.7. The largest absolute Gasteiger partial charge is 0.309 e. The first-order valence-corrected chi connectivity index (χ1v) is 7.05. The fourth-order valence-electron chi connectivity index (χ4n) is 1.96. The van der Waals surface area contributed by atoms with Crippen molar-refractivity contribution in [2.24, 2.45) is 0 Å². The van der Waals surface area contributed by atoms with E-state index in [9.17, 15) is 8.78 Å². The van der Waals surface area contributed by atoms with Crippen LogP contribution in [0.25, 0.3) is 0 Å². The van der Waals surface area contributed by atoms with E-state index in [-0.39, 0.29) is 6.04 Å². The molecule has 1 nitrogen and oxygen atoms in total. The van der Waals surface area contributed by atoms with Crippen molar-refractivity contribution in [2.45, 2.75) is 6.04 Å². The molecule has 0 fully saturated rings. The van der Waals surface area contributed by atoms with Crippen LogP contribution in [0.1, 0.15) is 17.2 Å². The maximum absolute atomic E-state index is 13.3. The predicted molar refractivity (Wildman–Crippen MR) is 81.4 cm³/mol. The maximum Gasteiger partial charge on any atom is 0.126 e. The van der Waals surface area contributed by atoms with E-state index in [2.05, 4.69) is 27.9 Å². The number of hydrogen-bond donors (Lipinski definition) is 1. The molecule has 0 radical (unpaired) electrons. The van der Waals surface area contributed by atoms with Gasteiger partial charge in [-0.1, -0.05) is 17.7 Å². The summed E-state index contributed by atoms with van der Waals surface area (Å²) in [6.07, 6.45) is 0. The van der Waals surface area contributed by atoms with E-state index < -0.39 is 11.6 Å². The van der Waals surface area contributed by atoms with Crippen molar-refractivity contribution in [3.8, 4) is 0 Å². The van der Waals surface area contributed by atoms with Crippen molar-refractivity contribution in [1.82, 2.24) is 5.32 Å². The van der Waals surface area contributed by atoms with Gasteiger partial charge in [-0.25, -0.2) is 8.78 Å². The molecule has 2 aromatic rings. The second-order valence-electron chi connectivity index (χ2n) is 4.10. The van der Waals surface area contributed by atoms with E-state index >= 15 is 0 Å². The summed E-state index contributed by atoms with van der Waals surface area (Å²) in [5, 5.41) is 3.66. The van der Waals surface area contributed by atoms with Gasteiger partial charge >= 0.3 is 0 Å². The lowest BCUT2D eigenvalue weighted by Gasteiger charge is -2.18. The minimum Gasteiger partial charge on any atom is -0.309 e. The Labute approximate surface area is 129 Å². The summed E-state index contributed by atoms with van der Waals surface area (Å²) in [6, 6.07) is 8.74. The van der Waals surface area contributed by atoms with Gasteiger partial charge < -0.3 is 5.32 Å². The molecule has 1 atom stereocenters. The summed E-state index contributed by atoms with van der Waals surface area (Å²) < 4.78 is 27.5. The normalized spacial score (nSPS) is 12.5. The van der Waals surface area contributed by atoms with E-state index in [1.807, 2.05) is 12.1 Å². The van der Waals surface area contributed by atoms with Gasteiger partial charge in [-0.15, -0.1) is 0 Å². The molecule has 19 heavy (non-hydrogen) atoms. The van der Waals surface area contributed by atoms with Crippen LogP contribution in [-0.4, -0.2) is 7.05 Å². The molecule has 0 spiro atoms. The van der Waals surface area contributed by atoms with Gasteiger partial charge in [-0.05, 0) is 65.0 Å². The molecule has 2 rings (SSSR count). The number of halogens is 4. The Morgan fingerprint density at radius 2 is 1.68 bits per heavy atom. The molecular formula is C14H11ClF2IN. The van der Waals surface area contributed by atoms with Gasteiger partial charge in [0.05, 0.1) is 11.1 Å². The van der Waals surface area contributed by atoms with Crippen molar-refractivity contribution in [3.05, 3.63) is 67.8 Å². The molecule has 0 aliphatic heterocycles. The Kier molecular flexibility index (Phi) is 4.76. The van der Waals surface area contributed by atoms with E-state index in [0.29, 0.717) is 10.6 Å². The van der Waals surface area contributed by atoms with Gasteiger partial charge in [-0.2, -0.15) is 0 Å². The molecule has 0 heterocycles. The average Bonchev–Trinajstić information content (AvgIpc) is 2.33.